The zero-order chi connectivity index (χ0) is 16.9. The molecule has 0 spiro atoms. The van der Waals surface area contributed by atoms with E-state index < -0.39 is 0 Å². The number of fused-ring (bicyclic) bond motifs is 1. The van der Waals surface area contributed by atoms with Crippen LogP contribution < -0.4 is 19.7 Å². The van der Waals surface area contributed by atoms with E-state index in [4.69, 9.17) is 9.47 Å². The van der Waals surface area contributed by atoms with Gasteiger partial charge in [-0.25, -0.2) is 0 Å². The van der Waals surface area contributed by atoms with Crippen LogP contribution in [0.15, 0.2) is 42.5 Å². The van der Waals surface area contributed by atoms with Crippen LogP contribution in [0.1, 0.15) is 15.9 Å². The molecular weight excluding hydrogens is 304 g/mol. The predicted molar refractivity (Wildman–Crippen MR) is 92.5 cm³/mol. The fraction of sp³-hybridized carbons (Fsp3) is 0.211. The van der Waals surface area contributed by atoms with Crippen LogP contribution in [-0.4, -0.2) is 33.3 Å². The maximum Gasteiger partial charge on any atom is 0.252 e. The van der Waals surface area contributed by atoms with Gasteiger partial charge < -0.3 is 19.7 Å². The third-order valence-electron chi connectivity index (χ3n) is 3.59. The molecule has 0 aromatic heterocycles. The zero-order valence-corrected chi connectivity index (χ0v) is 13.6. The molecule has 0 bridgehead atoms. The smallest absolute Gasteiger partial charge is 0.252 e. The number of ether oxygens (including phenoxy) is 2. The number of carbonyl (C=O) groups excluding carboxylic acids is 1. The number of rotatable bonds is 3. The Labute approximate surface area is 141 Å². The van der Waals surface area contributed by atoms with Gasteiger partial charge in [0.25, 0.3) is 5.91 Å². The van der Waals surface area contributed by atoms with Crippen LogP contribution in [0.3, 0.4) is 0 Å². The molecular formula is C19H18N2O3. The van der Waals surface area contributed by atoms with Gasteiger partial charge in [-0.05, 0) is 42.5 Å². The summed E-state index contributed by atoms with van der Waals surface area (Å²) in [6, 6.07) is 13.0. The standard InChI is InChI=1S/C19H18N2O3/c1-21(2)16-8-5-14(6-9-16)4-3-11-20-19(22)15-7-10-17-18(12-15)24-13-23-17/h5-10,12H,11,13H2,1-2H3,(H,20,22). The first kappa shape index (κ1) is 15.8. The van der Waals surface area contributed by atoms with Gasteiger partial charge in [-0.1, -0.05) is 11.8 Å². The molecule has 5 nitrogen and oxygen atoms in total. The number of hydrogen-bond donors (Lipinski definition) is 1. The van der Waals surface area contributed by atoms with E-state index in [-0.39, 0.29) is 19.2 Å². The molecule has 2 aromatic rings. The molecule has 0 saturated carbocycles. The Hall–Kier alpha value is -3.13. The van der Waals surface area contributed by atoms with Gasteiger partial charge in [-0.3, -0.25) is 4.79 Å². The van der Waals surface area contributed by atoms with E-state index in [1.54, 1.807) is 18.2 Å². The zero-order valence-electron chi connectivity index (χ0n) is 13.6. The maximum absolute atomic E-state index is 12.1. The van der Waals surface area contributed by atoms with E-state index in [1.165, 1.54) is 0 Å². The topological polar surface area (TPSA) is 50.8 Å². The Bertz CT molecular complexity index is 802. The number of amides is 1. The van der Waals surface area contributed by atoms with Gasteiger partial charge in [0.15, 0.2) is 11.5 Å². The molecule has 0 unspecified atom stereocenters. The van der Waals surface area contributed by atoms with Crippen molar-refractivity contribution in [2.75, 3.05) is 32.3 Å². The van der Waals surface area contributed by atoms with Crippen LogP contribution in [0.5, 0.6) is 11.5 Å². The van der Waals surface area contributed by atoms with Crippen LogP contribution in [0.2, 0.25) is 0 Å². The SMILES string of the molecule is CN(C)c1ccc(C#CCNC(=O)c2ccc3c(c2)OCO3)cc1. The van der Waals surface area contributed by atoms with E-state index in [0.29, 0.717) is 17.1 Å². The predicted octanol–water partition coefficient (Wildman–Crippen LogP) is 2.26. The first-order valence-corrected chi connectivity index (χ1v) is 7.57. The van der Waals surface area contributed by atoms with Crippen molar-refractivity contribution in [1.82, 2.24) is 5.32 Å². The molecule has 24 heavy (non-hydrogen) atoms. The van der Waals surface area contributed by atoms with Crippen molar-refractivity contribution in [2.45, 2.75) is 0 Å². The van der Waals surface area contributed by atoms with Gasteiger partial charge in [-0.15, -0.1) is 0 Å². The molecule has 0 aliphatic carbocycles. The van der Waals surface area contributed by atoms with Gasteiger partial charge in [-0.2, -0.15) is 0 Å². The summed E-state index contributed by atoms with van der Waals surface area (Å²) >= 11 is 0. The molecule has 122 valence electrons. The van der Waals surface area contributed by atoms with Gasteiger partial charge in [0.2, 0.25) is 6.79 Å². The molecule has 1 N–H and O–H groups in total. The van der Waals surface area contributed by atoms with Crippen molar-refractivity contribution in [3.05, 3.63) is 53.6 Å². The highest BCUT2D eigenvalue weighted by Gasteiger charge is 2.15. The van der Waals surface area contributed by atoms with Crippen molar-refractivity contribution in [1.29, 1.82) is 0 Å². The molecule has 0 radical (unpaired) electrons. The third-order valence-corrected chi connectivity index (χ3v) is 3.59. The fourth-order valence-corrected chi connectivity index (χ4v) is 2.25. The first-order chi connectivity index (χ1) is 11.6. The second kappa shape index (κ2) is 6.97. The van der Waals surface area contributed by atoms with Crippen LogP contribution in [0, 0.1) is 11.8 Å². The van der Waals surface area contributed by atoms with E-state index in [9.17, 15) is 4.79 Å². The number of carbonyl (C=O) groups is 1. The maximum atomic E-state index is 12.1. The molecule has 5 heteroatoms. The molecule has 1 aliphatic heterocycles. The highest BCUT2D eigenvalue weighted by molar-refractivity contribution is 5.95. The minimum Gasteiger partial charge on any atom is -0.454 e. The normalized spacial score (nSPS) is 11.4. The molecule has 1 heterocycles. The molecule has 1 amide bonds. The average Bonchev–Trinajstić information content (AvgIpc) is 3.06. The van der Waals surface area contributed by atoms with E-state index >= 15 is 0 Å². The van der Waals surface area contributed by atoms with Crippen LogP contribution in [-0.2, 0) is 0 Å². The van der Waals surface area contributed by atoms with Crippen molar-refractivity contribution in [3.8, 4) is 23.3 Å². The highest BCUT2D eigenvalue weighted by Crippen LogP contribution is 2.32. The lowest BCUT2D eigenvalue weighted by Gasteiger charge is -2.11. The summed E-state index contributed by atoms with van der Waals surface area (Å²) in [5.41, 5.74) is 2.56. The fourth-order valence-electron chi connectivity index (χ4n) is 2.25. The molecule has 0 atom stereocenters. The summed E-state index contributed by atoms with van der Waals surface area (Å²) in [6.45, 7) is 0.473. The van der Waals surface area contributed by atoms with Gasteiger partial charge >= 0.3 is 0 Å². The van der Waals surface area contributed by atoms with Crippen LogP contribution in [0.25, 0.3) is 0 Å². The number of anilines is 1. The quantitative estimate of drug-likeness (QED) is 0.881. The Kier molecular flexibility index (Phi) is 4.57. The highest BCUT2D eigenvalue weighted by atomic mass is 16.7. The number of nitrogens with zero attached hydrogens (tertiary/aromatic N) is 1. The Morgan fingerprint density at radius 3 is 2.62 bits per heavy atom. The van der Waals surface area contributed by atoms with Crippen molar-refractivity contribution in [2.24, 2.45) is 0 Å². The van der Waals surface area contributed by atoms with Gasteiger partial charge in [0, 0.05) is 30.9 Å². The van der Waals surface area contributed by atoms with Gasteiger partial charge in [0.05, 0.1) is 6.54 Å². The summed E-state index contributed by atoms with van der Waals surface area (Å²) < 4.78 is 10.5. The Balaban J connectivity index is 1.55. The van der Waals surface area contributed by atoms with E-state index in [0.717, 1.165) is 11.3 Å². The third kappa shape index (κ3) is 3.61. The van der Waals surface area contributed by atoms with Crippen LogP contribution >= 0.6 is 0 Å². The van der Waals surface area contributed by atoms with Crippen molar-refractivity contribution >= 4 is 11.6 Å². The lowest BCUT2D eigenvalue weighted by molar-refractivity contribution is 0.0958. The summed E-state index contributed by atoms with van der Waals surface area (Å²) in [4.78, 5) is 14.1. The summed E-state index contributed by atoms with van der Waals surface area (Å²) in [7, 11) is 3.98. The summed E-state index contributed by atoms with van der Waals surface area (Å²) in [6.07, 6.45) is 0. The monoisotopic (exact) mass is 322 g/mol. The number of hydrogen-bond acceptors (Lipinski definition) is 4. The van der Waals surface area contributed by atoms with Crippen molar-refractivity contribution < 1.29 is 14.3 Å². The lowest BCUT2D eigenvalue weighted by Crippen LogP contribution is -2.23. The average molecular weight is 322 g/mol. The second-order valence-corrected chi connectivity index (χ2v) is 5.49. The molecule has 3 rings (SSSR count). The summed E-state index contributed by atoms with van der Waals surface area (Å²) in [5.74, 6) is 7.05. The largest absolute Gasteiger partial charge is 0.454 e. The van der Waals surface area contributed by atoms with Crippen molar-refractivity contribution in [3.63, 3.8) is 0 Å². The molecule has 0 fully saturated rings. The lowest BCUT2D eigenvalue weighted by atomic mass is 10.2. The number of nitrogens with one attached hydrogen (secondary N) is 1. The van der Waals surface area contributed by atoms with Crippen LogP contribution in [0.4, 0.5) is 5.69 Å². The van der Waals surface area contributed by atoms with E-state index in [2.05, 4.69) is 17.2 Å². The Morgan fingerprint density at radius 1 is 1.12 bits per heavy atom. The molecule has 2 aromatic carbocycles. The van der Waals surface area contributed by atoms with E-state index in [1.807, 2.05) is 43.3 Å². The second-order valence-electron chi connectivity index (χ2n) is 5.49. The first-order valence-electron chi connectivity index (χ1n) is 7.57. The van der Waals surface area contributed by atoms with Gasteiger partial charge in [0.1, 0.15) is 0 Å². The summed E-state index contributed by atoms with van der Waals surface area (Å²) in [5, 5.41) is 2.77. The minimum absolute atomic E-state index is 0.189. The Morgan fingerprint density at radius 2 is 1.88 bits per heavy atom. The molecule has 0 saturated heterocycles. The number of benzene rings is 2. The molecule has 1 aliphatic rings. The minimum atomic E-state index is -0.189.